The lowest BCUT2D eigenvalue weighted by molar-refractivity contribution is 0.0391. The molecule has 6 nitrogen and oxygen atoms in total. The summed E-state index contributed by atoms with van der Waals surface area (Å²) in [4.78, 5) is 21.5. The Balaban J connectivity index is 1.65. The van der Waals surface area contributed by atoms with Crippen molar-refractivity contribution < 1.29 is 23.0 Å². The van der Waals surface area contributed by atoms with Gasteiger partial charge in [0.1, 0.15) is 5.75 Å². The highest BCUT2D eigenvalue weighted by atomic mass is 32.1. The molecule has 0 radical (unpaired) electrons. The Bertz CT molecular complexity index is 1050. The number of benzene rings is 2. The van der Waals surface area contributed by atoms with Gasteiger partial charge in [-0.25, -0.2) is 13.8 Å². The predicted octanol–water partition coefficient (Wildman–Crippen LogP) is 3.56. The summed E-state index contributed by atoms with van der Waals surface area (Å²) in [5.74, 6) is -1.76. The fourth-order valence-electron chi connectivity index (χ4n) is 3.27. The molecule has 2 heterocycles. The summed E-state index contributed by atoms with van der Waals surface area (Å²) in [6, 6.07) is 8.68. The fourth-order valence-corrected chi connectivity index (χ4v) is 4.29. The summed E-state index contributed by atoms with van der Waals surface area (Å²) in [7, 11) is 1.59. The molecule has 3 aromatic rings. The summed E-state index contributed by atoms with van der Waals surface area (Å²) >= 11 is 1.35. The number of anilines is 1. The molecule has 2 aromatic carbocycles. The van der Waals surface area contributed by atoms with Gasteiger partial charge in [0.25, 0.3) is 5.91 Å². The quantitative estimate of drug-likeness (QED) is 0.595. The largest absolute Gasteiger partial charge is 0.497 e. The molecule has 0 saturated carbocycles. The maximum atomic E-state index is 13.7. The van der Waals surface area contributed by atoms with E-state index in [1.54, 1.807) is 13.2 Å². The Hall–Kier alpha value is -2.62. The van der Waals surface area contributed by atoms with Crippen molar-refractivity contribution in [3.8, 4) is 5.75 Å². The van der Waals surface area contributed by atoms with Crippen molar-refractivity contribution in [3.05, 3.63) is 53.6 Å². The number of ether oxygens (including phenoxy) is 2. The van der Waals surface area contributed by atoms with Crippen LogP contribution in [0.15, 0.2) is 36.4 Å². The zero-order valence-corrected chi connectivity index (χ0v) is 17.3. The van der Waals surface area contributed by atoms with E-state index in [9.17, 15) is 13.6 Å². The van der Waals surface area contributed by atoms with Crippen molar-refractivity contribution in [1.29, 1.82) is 0 Å². The molecular formula is C21H21F2N3O3S. The van der Waals surface area contributed by atoms with Crippen LogP contribution in [0.3, 0.4) is 0 Å². The summed E-state index contributed by atoms with van der Waals surface area (Å²) in [6.45, 7) is 3.86. The molecule has 0 atom stereocenters. The van der Waals surface area contributed by atoms with Crippen molar-refractivity contribution >= 4 is 32.6 Å². The number of hydrogen-bond acceptors (Lipinski definition) is 6. The number of methoxy groups -OCH3 is 1. The third kappa shape index (κ3) is 4.43. The molecule has 0 bridgehead atoms. The summed E-state index contributed by atoms with van der Waals surface area (Å²) in [6.07, 6.45) is 0. The van der Waals surface area contributed by atoms with Crippen LogP contribution in [0.25, 0.3) is 10.2 Å². The van der Waals surface area contributed by atoms with Crippen molar-refractivity contribution in [2.75, 3.05) is 51.4 Å². The van der Waals surface area contributed by atoms with Gasteiger partial charge in [-0.05, 0) is 36.4 Å². The molecule has 1 fully saturated rings. The van der Waals surface area contributed by atoms with Crippen LogP contribution in [0.1, 0.15) is 10.4 Å². The lowest BCUT2D eigenvalue weighted by atomic mass is 10.2. The highest BCUT2D eigenvalue weighted by Gasteiger charge is 2.24. The second-order valence-electron chi connectivity index (χ2n) is 6.87. The topological polar surface area (TPSA) is 54.9 Å². The molecule has 158 valence electrons. The number of carbonyl (C=O) groups excluding carboxylic acids is 1. The molecular weight excluding hydrogens is 412 g/mol. The number of nitrogens with zero attached hydrogens (tertiary/aromatic N) is 3. The van der Waals surface area contributed by atoms with Gasteiger partial charge in [0, 0.05) is 31.7 Å². The molecule has 0 N–H and O–H groups in total. The zero-order valence-electron chi connectivity index (χ0n) is 16.4. The van der Waals surface area contributed by atoms with Gasteiger partial charge in [-0.15, -0.1) is 0 Å². The van der Waals surface area contributed by atoms with Gasteiger partial charge < -0.3 is 9.47 Å². The summed E-state index contributed by atoms with van der Waals surface area (Å²) in [5.41, 5.74) is 0.818. The van der Waals surface area contributed by atoms with Crippen LogP contribution in [0.2, 0.25) is 0 Å². The van der Waals surface area contributed by atoms with Crippen LogP contribution in [-0.4, -0.2) is 62.3 Å². The number of amides is 1. The Morgan fingerprint density at radius 3 is 2.73 bits per heavy atom. The smallest absolute Gasteiger partial charge is 0.260 e. The molecule has 1 aromatic heterocycles. The van der Waals surface area contributed by atoms with E-state index < -0.39 is 17.5 Å². The highest BCUT2D eigenvalue weighted by molar-refractivity contribution is 7.22. The minimum atomic E-state index is -1.05. The Morgan fingerprint density at radius 1 is 1.20 bits per heavy atom. The SMILES string of the molecule is COc1ccc2nc(N(CCN3CCOCC3)C(=O)c3ccc(F)c(F)c3)sc2c1. The van der Waals surface area contributed by atoms with E-state index >= 15 is 0 Å². The van der Waals surface area contributed by atoms with E-state index in [1.807, 2.05) is 12.1 Å². The minimum Gasteiger partial charge on any atom is -0.497 e. The number of morpholine rings is 1. The van der Waals surface area contributed by atoms with Gasteiger partial charge in [-0.3, -0.25) is 14.6 Å². The van der Waals surface area contributed by atoms with Gasteiger partial charge >= 0.3 is 0 Å². The van der Waals surface area contributed by atoms with Crippen LogP contribution >= 0.6 is 11.3 Å². The van der Waals surface area contributed by atoms with Gasteiger partial charge in [0.05, 0.1) is 30.5 Å². The number of fused-ring (bicyclic) bond motifs is 1. The molecule has 1 aliphatic heterocycles. The van der Waals surface area contributed by atoms with Gasteiger partial charge in [0.15, 0.2) is 16.8 Å². The highest BCUT2D eigenvalue weighted by Crippen LogP contribution is 2.32. The zero-order chi connectivity index (χ0) is 21.1. The van der Waals surface area contributed by atoms with Crippen LogP contribution in [0, 0.1) is 11.6 Å². The van der Waals surface area contributed by atoms with E-state index in [2.05, 4.69) is 9.88 Å². The van der Waals surface area contributed by atoms with E-state index in [0.29, 0.717) is 37.2 Å². The van der Waals surface area contributed by atoms with Gasteiger partial charge in [0.2, 0.25) is 0 Å². The van der Waals surface area contributed by atoms with Crippen molar-refractivity contribution in [2.45, 2.75) is 0 Å². The Kier molecular flexibility index (Phi) is 6.21. The monoisotopic (exact) mass is 433 g/mol. The van der Waals surface area contributed by atoms with E-state index in [0.717, 1.165) is 35.4 Å². The molecule has 4 rings (SSSR count). The first kappa shape index (κ1) is 20.6. The van der Waals surface area contributed by atoms with E-state index in [4.69, 9.17) is 9.47 Å². The number of thiazole rings is 1. The van der Waals surface area contributed by atoms with Crippen molar-refractivity contribution in [3.63, 3.8) is 0 Å². The summed E-state index contributed by atoms with van der Waals surface area (Å²) in [5, 5.41) is 0.501. The van der Waals surface area contributed by atoms with Crippen LogP contribution in [-0.2, 0) is 4.74 Å². The molecule has 9 heteroatoms. The van der Waals surface area contributed by atoms with Crippen LogP contribution < -0.4 is 9.64 Å². The lowest BCUT2D eigenvalue weighted by Gasteiger charge is -2.29. The maximum Gasteiger partial charge on any atom is 0.260 e. The number of aromatic nitrogens is 1. The van der Waals surface area contributed by atoms with E-state index in [1.165, 1.54) is 22.3 Å². The molecule has 0 spiro atoms. The number of hydrogen-bond donors (Lipinski definition) is 0. The molecule has 1 aliphatic rings. The first-order valence-electron chi connectivity index (χ1n) is 9.57. The average Bonchev–Trinajstić information content (AvgIpc) is 3.19. The maximum absolute atomic E-state index is 13.7. The number of halogens is 2. The third-order valence-corrected chi connectivity index (χ3v) is 6.01. The third-order valence-electron chi connectivity index (χ3n) is 4.97. The molecule has 1 saturated heterocycles. The van der Waals surface area contributed by atoms with Crippen LogP contribution in [0.5, 0.6) is 5.75 Å². The lowest BCUT2D eigenvalue weighted by Crippen LogP contribution is -2.43. The second-order valence-corrected chi connectivity index (χ2v) is 7.88. The fraction of sp³-hybridized carbons (Fsp3) is 0.333. The normalized spacial score (nSPS) is 14.8. The standard InChI is InChI=1S/C21H21F2N3O3S/c1-28-15-3-5-18-19(13-15)30-21(24-18)26(7-6-25-8-10-29-11-9-25)20(27)14-2-4-16(22)17(23)12-14/h2-5,12-13H,6-11H2,1H3. The minimum absolute atomic E-state index is 0.0766. The average molecular weight is 433 g/mol. The predicted molar refractivity (Wildman–Crippen MR) is 111 cm³/mol. The van der Waals surface area contributed by atoms with Crippen molar-refractivity contribution in [1.82, 2.24) is 9.88 Å². The van der Waals surface area contributed by atoms with E-state index in [-0.39, 0.29) is 5.56 Å². The number of rotatable bonds is 6. The van der Waals surface area contributed by atoms with Gasteiger partial charge in [-0.1, -0.05) is 11.3 Å². The molecule has 30 heavy (non-hydrogen) atoms. The first-order valence-corrected chi connectivity index (χ1v) is 10.4. The Labute approximate surface area is 176 Å². The first-order chi connectivity index (χ1) is 14.5. The van der Waals surface area contributed by atoms with Crippen molar-refractivity contribution in [2.24, 2.45) is 0 Å². The molecule has 1 amide bonds. The number of carbonyl (C=O) groups is 1. The summed E-state index contributed by atoms with van der Waals surface area (Å²) < 4.78 is 38.6. The molecule has 0 unspecified atom stereocenters. The second kappa shape index (κ2) is 9.03. The molecule has 0 aliphatic carbocycles. The van der Waals surface area contributed by atoms with Gasteiger partial charge in [-0.2, -0.15) is 0 Å². The Morgan fingerprint density at radius 2 is 2.00 bits per heavy atom. The van der Waals surface area contributed by atoms with Crippen LogP contribution in [0.4, 0.5) is 13.9 Å².